The number of hydrogen-bond acceptors (Lipinski definition) is 3. The van der Waals surface area contributed by atoms with Crippen molar-refractivity contribution in [3.8, 4) is 11.5 Å². The van der Waals surface area contributed by atoms with Crippen LogP contribution in [0.25, 0.3) is 0 Å². The minimum atomic E-state index is -0.356. The van der Waals surface area contributed by atoms with E-state index in [-0.39, 0.29) is 12.4 Å². The van der Waals surface area contributed by atoms with E-state index in [1.807, 2.05) is 18.2 Å². The van der Waals surface area contributed by atoms with Crippen molar-refractivity contribution in [1.82, 2.24) is 0 Å². The minimum Gasteiger partial charge on any atom is -0.497 e. The van der Waals surface area contributed by atoms with E-state index in [1.165, 1.54) is 13.2 Å². The third-order valence-electron chi connectivity index (χ3n) is 2.90. The van der Waals surface area contributed by atoms with Gasteiger partial charge in [0, 0.05) is 23.7 Å². The first kappa shape index (κ1) is 14.8. The van der Waals surface area contributed by atoms with Gasteiger partial charge in [-0.2, -0.15) is 0 Å². The Morgan fingerprint density at radius 1 is 1.20 bits per heavy atom. The summed E-state index contributed by atoms with van der Waals surface area (Å²) in [6.45, 7) is 0.491. The molecule has 0 saturated heterocycles. The molecule has 106 valence electrons. The van der Waals surface area contributed by atoms with Crippen LogP contribution in [0.3, 0.4) is 0 Å². The lowest BCUT2D eigenvalue weighted by molar-refractivity contribution is 0.294. The van der Waals surface area contributed by atoms with Crippen molar-refractivity contribution in [2.24, 2.45) is 5.73 Å². The molecule has 0 unspecified atom stereocenters. The summed E-state index contributed by atoms with van der Waals surface area (Å²) in [5, 5.41) is 0. The van der Waals surface area contributed by atoms with E-state index in [9.17, 15) is 4.39 Å². The molecule has 0 amide bonds. The number of ether oxygens (including phenoxy) is 2. The highest BCUT2D eigenvalue weighted by Crippen LogP contribution is 2.30. The van der Waals surface area contributed by atoms with Gasteiger partial charge in [-0.05, 0) is 34.1 Å². The molecule has 2 aromatic carbocycles. The Morgan fingerprint density at radius 3 is 2.65 bits per heavy atom. The van der Waals surface area contributed by atoms with E-state index in [2.05, 4.69) is 15.9 Å². The van der Waals surface area contributed by atoms with Crippen molar-refractivity contribution in [2.45, 2.75) is 13.2 Å². The van der Waals surface area contributed by atoms with Crippen LogP contribution in [0, 0.1) is 5.82 Å². The molecule has 3 nitrogen and oxygen atoms in total. The van der Waals surface area contributed by atoms with Gasteiger partial charge < -0.3 is 15.2 Å². The van der Waals surface area contributed by atoms with Gasteiger partial charge in [-0.25, -0.2) is 4.39 Å². The quantitative estimate of drug-likeness (QED) is 0.904. The molecule has 0 spiro atoms. The van der Waals surface area contributed by atoms with E-state index >= 15 is 0 Å². The Labute approximate surface area is 125 Å². The standard InChI is InChI=1S/C15H15BrFNO2/c1-19-12-6-5-11(14(17)7-12)9-20-15-10(8-18)3-2-4-13(15)16/h2-7H,8-9,18H2,1H3. The lowest BCUT2D eigenvalue weighted by Gasteiger charge is -2.13. The first-order valence-electron chi connectivity index (χ1n) is 6.08. The molecular weight excluding hydrogens is 325 g/mol. The third kappa shape index (κ3) is 3.29. The van der Waals surface area contributed by atoms with Crippen LogP contribution in [0.4, 0.5) is 4.39 Å². The average Bonchev–Trinajstić information content (AvgIpc) is 2.46. The highest BCUT2D eigenvalue weighted by atomic mass is 79.9. The number of hydrogen-bond donors (Lipinski definition) is 1. The van der Waals surface area contributed by atoms with Crippen LogP contribution in [-0.2, 0) is 13.2 Å². The van der Waals surface area contributed by atoms with E-state index in [0.717, 1.165) is 10.0 Å². The fraction of sp³-hybridized carbons (Fsp3) is 0.200. The van der Waals surface area contributed by atoms with Gasteiger partial charge in [-0.1, -0.05) is 12.1 Å². The number of rotatable bonds is 5. The van der Waals surface area contributed by atoms with Gasteiger partial charge in [0.1, 0.15) is 23.9 Å². The third-order valence-corrected chi connectivity index (χ3v) is 3.53. The second kappa shape index (κ2) is 6.72. The van der Waals surface area contributed by atoms with Crippen molar-refractivity contribution >= 4 is 15.9 Å². The Bertz CT molecular complexity index is 604. The van der Waals surface area contributed by atoms with Gasteiger partial charge in [-0.3, -0.25) is 0 Å². The van der Waals surface area contributed by atoms with Crippen molar-refractivity contribution in [3.05, 3.63) is 57.8 Å². The molecule has 0 radical (unpaired) electrons. The summed E-state index contributed by atoms with van der Waals surface area (Å²) in [5.41, 5.74) is 7.00. The van der Waals surface area contributed by atoms with Crippen molar-refractivity contribution in [2.75, 3.05) is 7.11 Å². The van der Waals surface area contributed by atoms with Gasteiger partial charge in [-0.15, -0.1) is 0 Å². The summed E-state index contributed by atoms with van der Waals surface area (Å²) in [4.78, 5) is 0. The monoisotopic (exact) mass is 339 g/mol. The van der Waals surface area contributed by atoms with Gasteiger partial charge >= 0.3 is 0 Å². The summed E-state index contributed by atoms with van der Waals surface area (Å²) in [6.07, 6.45) is 0. The smallest absolute Gasteiger partial charge is 0.138 e. The number of halogens is 2. The Morgan fingerprint density at radius 2 is 2.00 bits per heavy atom. The molecule has 0 atom stereocenters. The molecular formula is C15H15BrFNO2. The van der Waals surface area contributed by atoms with Crippen LogP contribution in [0.5, 0.6) is 11.5 Å². The zero-order valence-corrected chi connectivity index (χ0v) is 12.6. The van der Waals surface area contributed by atoms with E-state index < -0.39 is 0 Å². The van der Waals surface area contributed by atoms with Gasteiger partial charge in [0.2, 0.25) is 0 Å². The van der Waals surface area contributed by atoms with Gasteiger partial charge in [0.15, 0.2) is 0 Å². The molecule has 0 aliphatic heterocycles. The van der Waals surface area contributed by atoms with Crippen LogP contribution >= 0.6 is 15.9 Å². The topological polar surface area (TPSA) is 44.5 Å². The normalized spacial score (nSPS) is 10.4. The van der Waals surface area contributed by atoms with Crippen LogP contribution in [0.1, 0.15) is 11.1 Å². The number of para-hydroxylation sites is 1. The maximum atomic E-state index is 13.8. The predicted octanol–water partition coefficient (Wildman–Crippen LogP) is 3.63. The van der Waals surface area contributed by atoms with Crippen LogP contribution in [0.15, 0.2) is 40.9 Å². The lowest BCUT2D eigenvalue weighted by atomic mass is 10.2. The fourth-order valence-corrected chi connectivity index (χ4v) is 2.32. The van der Waals surface area contributed by atoms with Crippen LogP contribution in [-0.4, -0.2) is 7.11 Å². The zero-order valence-electron chi connectivity index (χ0n) is 11.0. The first-order chi connectivity index (χ1) is 9.65. The molecule has 0 saturated carbocycles. The number of benzene rings is 2. The van der Waals surface area contributed by atoms with Crippen molar-refractivity contribution < 1.29 is 13.9 Å². The summed E-state index contributed by atoms with van der Waals surface area (Å²) >= 11 is 3.41. The molecule has 2 N–H and O–H groups in total. The summed E-state index contributed by atoms with van der Waals surface area (Å²) in [7, 11) is 1.50. The summed E-state index contributed by atoms with van der Waals surface area (Å²) in [6, 6.07) is 10.3. The van der Waals surface area contributed by atoms with E-state index in [4.69, 9.17) is 15.2 Å². The fourth-order valence-electron chi connectivity index (χ4n) is 1.80. The van der Waals surface area contributed by atoms with Gasteiger partial charge in [0.25, 0.3) is 0 Å². The summed E-state index contributed by atoms with van der Waals surface area (Å²) < 4.78 is 25.3. The van der Waals surface area contributed by atoms with Crippen LogP contribution < -0.4 is 15.2 Å². The highest BCUT2D eigenvalue weighted by molar-refractivity contribution is 9.10. The Balaban J connectivity index is 2.17. The molecule has 0 heterocycles. The largest absolute Gasteiger partial charge is 0.497 e. The molecule has 0 fully saturated rings. The maximum Gasteiger partial charge on any atom is 0.138 e. The molecule has 20 heavy (non-hydrogen) atoms. The molecule has 0 aliphatic carbocycles. The molecule has 2 aromatic rings. The number of nitrogens with two attached hydrogens (primary N) is 1. The van der Waals surface area contributed by atoms with Crippen molar-refractivity contribution in [1.29, 1.82) is 0 Å². The maximum absolute atomic E-state index is 13.8. The lowest BCUT2D eigenvalue weighted by Crippen LogP contribution is -2.04. The Hall–Kier alpha value is -1.59. The molecule has 2 rings (SSSR count). The SMILES string of the molecule is COc1ccc(COc2c(Br)cccc2CN)c(F)c1. The number of methoxy groups -OCH3 is 1. The average molecular weight is 340 g/mol. The predicted molar refractivity (Wildman–Crippen MR) is 79.3 cm³/mol. The zero-order chi connectivity index (χ0) is 14.5. The second-order valence-corrected chi connectivity index (χ2v) is 5.03. The van der Waals surface area contributed by atoms with Crippen molar-refractivity contribution in [3.63, 3.8) is 0 Å². The first-order valence-corrected chi connectivity index (χ1v) is 6.87. The van der Waals surface area contributed by atoms with E-state index in [1.54, 1.807) is 12.1 Å². The molecule has 0 aromatic heterocycles. The van der Waals surface area contributed by atoms with E-state index in [0.29, 0.717) is 23.6 Å². The van der Waals surface area contributed by atoms with Gasteiger partial charge in [0.05, 0.1) is 11.6 Å². The van der Waals surface area contributed by atoms with Crippen LogP contribution in [0.2, 0.25) is 0 Å². The Kier molecular flexibility index (Phi) is 4.98. The molecule has 0 aliphatic rings. The second-order valence-electron chi connectivity index (χ2n) is 4.18. The summed E-state index contributed by atoms with van der Waals surface area (Å²) in [5.74, 6) is 0.769. The molecule has 5 heteroatoms. The minimum absolute atomic E-state index is 0.130. The molecule has 0 bridgehead atoms. The highest BCUT2D eigenvalue weighted by Gasteiger charge is 2.09.